The number of carbonyl (C=O) groups excluding carboxylic acids is 1. The standard InChI is InChI=1S/C13H15NO/c1-13(2,3)10-4-5-12-9(6-10)7-11(8-15)14-12/h4-8,14H,1-3H3. The molecule has 0 aliphatic heterocycles. The Morgan fingerprint density at radius 2 is 1.93 bits per heavy atom. The molecule has 0 bridgehead atoms. The number of carbonyl (C=O) groups is 1. The minimum atomic E-state index is 0.146. The molecule has 0 saturated heterocycles. The van der Waals surface area contributed by atoms with Crippen molar-refractivity contribution in [3.8, 4) is 0 Å². The highest BCUT2D eigenvalue weighted by Gasteiger charge is 2.14. The first-order valence-electron chi connectivity index (χ1n) is 5.09. The van der Waals surface area contributed by atoms with Gasteiger partial charge in [0.15, 0.2) is 6.29 Å². The summed E-state index contributed by atoms with van der Waals surface area (Å²) in [5, 5.41) is 1.10. The normalized spacial score (nSPS) is 11.9. The van der Waals surface area contributed by atoms with Gasteiger partial charge in [0.05, 0.1) is 5.69 Å². The summed E-state index contributed by atoms with van der Waals surface area (Å²) >= 11 is 0. The average Bonchev–Trinajstić information content (AvgIpc) is 2.57. The lowest BCUT2D eigenvalue weighted by molar-refractivity contribution is 0.112. The van der Waals surface area contributed by atoms with E-state index >= 15 is 0 Å². The van der Waals surface area contributed by atoms with Gasteiger partial charge in [-0.25, -0.2) is 0 Å². The Labute approximate surface area is 89.3 Å². The van der Waals surface area contributed by atoms with Gasteiger partial charge in [0.2, 0.25) is 0 Å². The molecule has 0 radical (unpaired) electrons. The maximum atomic E-state index is 10.6. The number of hydrogen-bond acceptors (Lipinski definition) is 1. The van der Waals surface area contributed by atoms with E-state index in [2.05, 4.69) is 37.9 Å². The first-order chi connectivity index (χ1) is 7.00. The van der Waals surface area contributed by atoms with E-state index in [0.717, 1.165) is 17.2 Å². The molecule has 78 valence electrons. The molecule has 0 aliphatic carbocycles. The molecule has 1 N–H and O–H groups in total. The molecule has 2 heteroatoms. The van der Waals surface area contributed by atoms with Crippen molar-refractivity contribution in [2.75, 3.05) is 0 Å². The second-order valence-electron chi connectivity index (χ2n) is 4.89. The Kier molecular flexibility index (Phi) is 2.14. The van der Waals surface area contributed by atoms with Gasteiger partial charge in [0.1, 0.15) is 0 Å². The Morgan fingerprint density at radius 1 is 1.20 bits per heavy atom. The van der Waals surface area contributed by atoms with Crippen LogP contribution in [-0.4, -0.2) is 11.3 Å². The Morgan fingerprint density at radius 3 is 2.53 bits per heavy atom. The molecular weight excluding hydrogens is 186 g/mol. The van der Waals surface area contributed by atoms with Gasteiger partial charge in [-0.3, -0.25) is 4.79 Å². The van der Waals surface area contributed by atoms with Crippen LogP contribution in [0.5, 0.6) is 0 Å². The summed E-state index contributed by atoms with van der Waals surface area (Å²) in [6.45, 7) is 6.55. The third-order valence-corrected chi connectivity index (χ3v) is 2.63. The van der Waals surface area contributed by atoms with Gasteiger partial charge in [-0.1, -0.05) is 26.8 Å². The summed E-state index contributed by atoms with van der Waals surface area (Å²) in [6.07, 6.45) is 0.844. The van der Waals surface area contributed by atoms with Crippen molar-refractivity contribution in [2.24, 2.45) is 0 Å². The lowest BCUT2D eigenvalue weighted by Gasteiger charge is -2.18. The number of aldehydes is 1. The van der Waals surface area contributed by atoms with Crippen LogP contribution in [0, 0.1) is 0 Å². The number of H-pyrrole nitrogens is 1. The quantitative estimate of drug-likeness (QED) is 0.706. The van der Waals surface area contributed by atoms with Crippen LogP contribution in [0.4, 0.5) is 0 Å². The fraction of sp³-hybridized carbons (Fsp3) is 0.308. The predicted octanol–water partition coefficient (Wildman–Crippen LogP) is 3.28. The molecule has 0 amide bonds. The van der Waals surface area contributed by atoms with E-state index < -0.39 is 0 Å². The van der Waals surface area contributed by atoms with Crippen molar-refractivity contribution >= 4 is 17.2 Å². The minimum absolute atomic E-state index is 0.146. The molecule has 0 fully saturated rings. The van der Waals surface area contributed by atoms with Gasteiger partial charge >= 0.3 is 0 Å². The fourth-order valence-corrected chi connectivity index (χ4v) is 1.69. The van der Waals surface area contributed by atoms with Gasteiger partial charge in [-0.2, -0.15) is 0 Å². The molecule has 1 heterocycles. The van der Waals surface area contributed by atoms with Crippen molar-refractivity contribution in [3.63, 3.8) is 0 Å². The Bertz CT molecular complexity index is 503. The summed E-state index contributed by atoms with van der Waals surface area (Å²) < 4.78 is 0. The number of aromatic nitrogens is 1. The predicted molar refractivity (Wildman–Crippen MR) is 62.4 cm³/mol. The maximum Gasteiger partial charge on any atom is 0.166 e. The van der Waals surface area contributed by atoms with Crippen molar-refractivity contribution in [3.05, 3.63) is 35.5 Å². The zero-order chi connectivity index (χ0) is 11.1. The van der Waals surface area contributed by atoms with E-state index in [1.165, 1.54) is 5.56 Å². The monoisotopic (exact) mass is 201 g/mol. The first-order valence-corrected chi connectivity index (χ1v) is 5.09. The Balaban J connectivity index is 2.60. The molecule has 2 nitrogen and oxygen atoms in total. The van der Waals surface area contributed by atoms with Gasteiger partial charge in [0, 0.05) is 10.9 Å². The SMILES string of the molecule is CC(C)(C)c1ccc2[nH]c(C=O)cc2c1. The molecule has 0 atom stereocenters. The van der Waals surface area contributed by atoms with Crippen LogP contribution >= 0.6 is 0 Å². The van der Waals surface area contributed by atoms with Crippen LogP contribution in [0.3, 0.4) is 0 Å². The lowest BCUT2D eigenvalue weighted by Crippen LogP contribution is -2.10. The number of benzene rings is 1. The van der Waals surface area contributed by atoms with E-state index in [1.54, 1.807) is 0 Å². The summed E-state index contributed by atoms with van der Waals surface area (Å²) in [5.41, 5.74) is 3.08. The minimum Gasteiger partial charge on any atom is -0.352 e. The van der Waals surface area contributed by atoms with Crippen LogP contribution in [0.2, 0.25) is 0 Å². The molecule has 0 spiro atoms. The van der Waals surface area contributed by atoms with Gasteiger partial charge in [0.25, 0.3) is 0 Å². The third kappa shape index (κ3) is 1.80. The maximum absolute atomic E-state index is 10.6. The highest BCUT2D eigenvalue weighted by Crippen LogP contribution is 2.26. The molecule has 2 rings (SSSR count). The van der Waals surface area contributed by atoms with Crippen LogP contribution in [-0.2, 0) is 5.41 Å². The molecule has 15 heavy (non-hydrogen) atoms. The average molecular weight is 201 g/mol. The second kappa shape index (κ2) is 3.23. The largest absolute Gasteiger partial charge is 0.352 e. The summed E-state index contributed by atoms with van der Waals surface area (Å²) in [4.78, 5) is 13.7. The fourth-order valence-electron chi connectivity index (χ4n) is 1.69. The van der Waals surface area contributed by atoms with Crippen LogP contribution in [0.25, 0.3) is 10.9 Å². The summed E-state index contributed by atoms with van der Waals surface area (Å²) in [7, 11) is 0. The van der Waals surface area contributed by atoms with E-state index in [0.29, 0.717) is 5.69 Å². The molecule has 2 aromatic rings. The number of fused-ring (bicyclic) bond motifs is 1. The van der Waals surface area contributed by atoms with Crippen LogP contribution < -0.4 is 0 Å². The van der Waals surface area contributed by atoms with Crippen molar-refractivity contribution in [2.45, 2.75) is 26.2 Å². The number of nitrogens with one attached hydrogen (secondary N) is 1. The topological polar surface area (TPSA) is 32.9 Å². The van der Waals surface area contributed by atoms with E-state index in [4.69, 9.17) is 0 Å². The Hall–Kier alpha value is -1.57. The van der Waals surface area contributed by atoms with Gasteiger partial charge < -0.3 is 4.98 Å². The molecular formula is C13H15NO. The lowest BCUT2D eigenvalue weighted by atomic mass is 9.86. The van der Waals surface area contributed by atoms with Crippen molar-refractivity contribution < 1.29 is 4.79 Å². The first kappa shape index (κ1) is 9.97. The third-order valence-electron chi connectivity index (χ3n) is 2.63. The highest BCUT2D eigenvalue weighted by molar-refractivity contribution is 5.88. The highest BCUT2D eigenvalue weighted by atomic mass is 16.1. The number of hydrogen-bond donors (Lipinski definition) is 1. The molecule has 1 aromatic carbocycles. The van der Waals surface area contributed by atoms with Gasteiger partial charge in [-0.15, -0.1) is 0 Å². The van der Waals surface area contributed by atoms with Crippen LogP contribution in [0.15, 0.2) is 24.3 Å². The zero-order valence-electron chi connectivity index (χ0n) is 9.29. The molecule has 1 aromatic heterocycles. The zero-order valence-corrected chi connectivity index (χ0v) is 9.29. The molecule has 0 unspecified atom stereocenters. The molecule has 0 aliphatic rings. The smallest absolute Gasteiger partial charge is 0.166 e. The van der Waals surface area contributed by atoms with Crippen molar-refractivity contribution in [1.82, 2.24) is 4.98 Å². The van der Waals surface area contributed by atoms with E-state index in [9.17, 15) is 4.79 Å². The molecule has 0 saturated carbocycles. The van der Waals surface area contributed by atoms with E-state index in [-0.39, 0.29) is 5.41 Å². The summed E-state index contributed by atoms with van der Waals surface area (Å²) in [6, 6.07) is 8.16. The van der Waals surface area contributed by atoms with Gasteiger partial charge in [-0.05, 0) is 29.2 Å². The summed E-state index contributed by atoms with van der Waals surface area (Å²) in [5.74, 6) is 0. The van der Waals surface area contributed by atoms with E-state index in [1.807, 2.05) is 12.1 Å². The van der Waals surface area contributed by atoms with Crippen molar-refractivity contribution in [1.29, 1.82) is 0 Å². The van der Waals surface area contributed by atoms with Crippen LogP contribution in [0.1, 0.15) is 36.8 Å². The number of aromatic amines is 1. The number of rotatable bonds is 1. The second-order valence-corrected chi connectivity index (χ2v) is 4.89.